The van der Waals surface area contributed by atoms with E-state index in [2.05, 4.69) is 5.32 Å². The number of hydrogen-bond donors (Lipinski definition) is 1. The van der Waals surface area contributed by atoms with Gasteiger partial charge in [0.15, 0.2) is 6.10 Å². The lowest BCUT2D eigenvalue weighted by molar-refractivity contribution is -0.123. The molecule has 3 rings (SSSR count). The predicted octanol–water partition coefficient (Wildman–Crippen LogP) is 4.74. The molecule has 1 N–H and O–H groups in total. The van der Waals surface area contributed by atoms with Crippen molar-refractivity contribution < 1.29 is 14.3 Å². The summed E-state index contributed by atoms with van der Waals surface area (Å²) in [7, 11) is 0. The average Bonchev–Trinajstić information content (AvgIpc) is 3.01. The van der Waals surface area contributed by atoms with Gasteiger partial charge in [-0.3, -0.25) is 4.79 Å². The zero-order valence-electron chi connectivity index (χ0n) is 12.8. The number of hydrogen-bond acceptors (Lipinski definition) is 4. The second-order valence-electron chi connectivity index (χ2n) is 5.20. The molecule has 0 aliphatic heterocycles. The number of nitrogens with one attached hydrogen (secondary N) is 1. The van der Waals surface area contributed by atoms with Gasteiger partial charge < -0.3 is 10.1 Å². The van der Waals surface area contributed by atoms with Gasteiger partial charge >= 0.3 is 5.97 Å². The van der Waals surface area contributed by atoms with Crippen LogP contribution in [0.3, 0.4) is 0 Å². The number of anilines is 1. The second-order valence-corrected chi connectivity index (χ2v) is 6.92. The minimum atomic E-state index is -0.912. The van der Waals surface area contributed by atoms with Crippen molar-refractivity contribution in [3.05, 3.63) is 63.8 Å². The molecule has 6 heteroatoms. The molecule has 0 unspecified atom stereocenters. The molecule has 1 aromatic heterocycles. The van der Waals surface area contributed by atoms with Crippen LogP contribution in [0.25, 0.3) is 10.8 Å². The molecule has 1 heterocycles. The second kappa shape index (κ2) is 7.03. The van der Waals surface area contributed by atoms with Gasteiger partial charge in [0.1, 0.15) is 4.88 Å². The summed E-state index contributed by atoms with van der Waals surface area (Å²) in [6.45, 7) is 1.53. The maximum Gasteiger partial charge on any atom is 0.349 e. The number of thiophene rings is 1. The van der Waals surface area contributed by atoms with E-state index in [0.29, 0.717) is 14.9 Å². The van der Waals surface area contributed by atoms with Crippen molar-refractivity contribution >= 4 is 51.3 Å². The largest absolute Gasteiger partial charge is 0.448 e. The van der Waals surface area contributed by atoms with Crippen LogP contribution >= 0.6 is 22.9 Å². The molecule has 1 amide bonds. The normalized spacial score (nSPS) is 11.9. The lowest BCUT2D eigenvalue weighted by Gasteiger charge is -2.13. The van der Waals surface area contributed by atoms with Crippen molar-refractivity contribution in [2.24, 2.45) is 0 Å². The maximum absolute atomic E-state index is 12.2. The van der Waals surface area contributed by atoms with Gasteiger partial charge in [-0.05, 0) is 42.0 Å². The van der Waals surface area contributed by atoms with E-state index in [-0.39, 0.29) is 5.91 Å². The molecule has 0 radical (unpaired) electrons. The summed E-state index contributed by atoms with van der Waals surface area (Å²) in [4.78, 5) is 24.5. The number of amides is 1. The highest BCUT2D eigenvalue weighted by Gasteiger charge is 2.20. The van der Waals surface area contributed by atoms with E-state index in [1.165, 1.54) is 6.92 Å². The zero-order valence-corrected chi connectivity index (χ0v) is 14.4. The molecule has 0 aliphatic carbocycles. The molecular weight excluding hydrogens is 346 g/mol. The predicted molar refractivity (Wildman–Crippen MR) is 96.8 cm³/mol. The standard InChI is InChI=1S/C18H14ClNO3S/c1-11(23-18(22)15-8-9-16(19)24-15)17(21)20-14-7-6-12-4-2-3-5-13(12)10-14/h2-11H,1H3,(H,20,21)/t11-/m1/s1. The van der Waals surface area contributed by atoms with E-state index in [1.54, 1.807) is 12.1 Å². The summed E-state index contributed by atoms with van der Waals surface area (Å²) < 4.78 is 5.67. The molecule has 1 atom stereocenters. The molecule has 0 saturated heterocycles. The van der Waals surface area contributed by atoms with Gasteiger partial charge in [-0.1, -0.05) is 41.9 Å². The Morgan fingerprint density at radius 3 is 2.54 bits per heavy atom. The minimum Gasteiger partial charge on any atom is -0.448 e. The third-order valence-electron chi connectivity index (χ3n) is 3.44. The van der Waals surface area contributed by atoms with Crippen LogP contribution in [-0.4, -0.2) is 18.0 Å². The van der Waals surface area contributed by atoms with E-state index >= 15 is 0 Å². The number of benzene rings is 2. The van der Waals surface area contributed by atoms with Crippen molar-refractivity contribution in [2.45, 2.75) is 13.0 Å². The summed E-state index contributed by atoms with van der Waals surface area (Å²) >= 11 is 6.90. The van der Waals surface area contributed by atoms with Gasteiger partial charge in [-0.15, -0.1) is 11.3 Å². The molecule has 0 spiro atoms. The Hall–Kier alpha value is -2.37. The third-order valence-corrected chi connectivity index (χ3v) is 4.66. The highest BCUT2D eigenvalue weighted by Crippen LogP contribution is 2.23. The fourth-order valence-electron chi connectivity index (χ4n) is 2.21. The summed E-state index contributed by atoms with van der Waals surface area (Å²) in [6, 6.07) is 16.7. The minimum absolute atomic E-state index is 0.366. The first-order valence-electron chi connectivity index (χ1n) is 7.29. The summed E-state index contributed by atoms with van der Waals surface area (Å²) in [6.07, 6.45) is -0.912. The van der Waals surface area contributed by atoms with Crippen LogP contribution in [0.1, 0.15) is 16.6 Å². The van der Waals surface area contributed by atoms with E-state index < -0.39 is 12.1 Å². The summed E-state index contributed by atoms with van der Waals surface area (Å²) in [5.41, 5.74) is 0.653. The van der Waals surface area contributed by atoms with Gasteiger partial charge in [0.2, 0.25) is 0 Å². The Balaban J connectivity index is 1.65. The average molecular weight is 360 g/mol. The number of carbonyl (C=O) groups is 2. The highest BCUT2D eigenvalue weighted by atomic mass is 35.5. The van der Waals surface area contributed by atoms with Crippen LogP contribution < -0.4 is 5.32 Å². The van der Waals surface area contributed by atoms with Crippen LogP contribution in [0.5, 0.6) is 0 Å². The van der Waals surface area contributed by atoms with Crippen molar-refractivity contribution in [3.8, 4) is 0 Å². The molecule has 24 heavy (non-hydrogen) atoms. The lowest BCUT2D eigenvalue weighted by Crippen LogP contribution is -2.29. The number of rotatable bonds is 4. The Labute approximate surface area is 148 Å². The van der Waals surface area contributed by atoms with E-state index in [1.807, 2.05) is 42.5 Å². The molecular formula is C18H14ClNO3S. The molecule has 122 valence electrons. The van der Waals surface area contributed by atoms with E-state index in [0.717, 1.165) is 22.1 Å². The molecule has 4 nitrogen and oxygen atoms in total. The van der Waals surface area contributed by atoms with Gasteiger partial charge in [0.05, 0.1) is 4.34 Å². The Morgan fingerprint density at radius 2 is 1.83 bits per heavy atom. The fourth-order valence-corrected chi connectivity index (χ4v) is 3.13. The molecule has 0 fully saturated rings. The van der Waals surface area contributed by atoms with Crippen molar-refractivity contribution in [1.29, 1.82) is 0 Å². The molecule has 0 bridgehead atoms. The van der Waals surface area contributed by atoms with Crippen molar-refractivity contribution in [1.82, 2.24) is 0 Å². The number of ether oxygens (including phenoxy) is 1. The summed E-state index contributed by atoms with van der Waals surface area (Å²) in [5, 5.41) is 4.87. The summed E-state index contributed by atoms with van der Waals surface area (Å²) in [5.74, 6) is -0.950. The molecule has 3 aromatic rings. The van der Waals surface area contributed by atoms with Crippen molar-refractivity contribution in [2.75, 3.05) is 5.32 Å². The number of esters is 1. The van der Waals surface area contributed by atoms with Crippen molar-refractivity contribution in [3.63, 3.8) is 0 Å². The smallest absolute Gasteiger partial charge is 0.349 e. The first-order chi connectivity index (χ1) is 11.5. The van der Waals surface area contributed by atoms with Gasteiger partial charge in [0, 0.05) is 5.69 Å². The fraction of sp³-hybridized carbons (Fsp3) is 0.111. The molecule has 0 saturated carbocycles. The highest BCUT2D eigenvalue weighted by molar-refractivity contribution is 7.17. The first kappa shape index (κ1) is 16.5. The Kier molecular flexibility index (Phi) is 4.83. The molecule has 2 aromatic carbocycles. The quantitative estimate of drug-likeness (QED) is 0.684. The first-order valence-corrected chi connectivity index (χ1v) is 8.48. The number of carbonyl (C=O) groups excluding carboxylic acids is 2. The van der Waals surface area contributed by atoms with Gasteiger partial charge in [-0.25, -0.2) is 4.79 Å². The van der Waals surface area contributed by atoms with Crippen LogP contribution in [0, 0.1) is 0 Å². The van der Waals surface area contributed by atoms with E-state index in [4.69, 9.17) is 16.3 Å². The number of fused-ring (bicyclic) bond motifs is 1. The topological polar surface area (TPSA) is 55.4 Å². The Morgan fingerprint density at radius 1 is 1.08 bits per heavy atom. The number of halogens is 1. The third kappa shape index (κ3) is 3.75. The van der Waals surface area contributed by atoms with E-state index in [9.17, 15) is 9.59 Å². The van der Waals surface area contributed by atoms with Crippen LogP contribution in [-0.2, 0) is 9.53 Å². The van der Waals surface area contributed by atoms with Crippen LogP contribution in [0.2, 0.25) is 4.34 Å². The molecule has 0 aliphatic rings. The Bertz CT molecular complexity index is 906. The lowest BCUT2D eigenvalue weighted by atomic mass is 10.1. The zero-order chi connectivity index (χ0) is 17.1. The monoisotopic (exact) mass is 359 g/mol. The van der Waals surface area contributed by atoms with Crippen LogP contribution in [0.4, 0.5) is 5.69 Å². The van der Waals surface area contributed by atoms with Gasteiger partial charge in [-0.2, -0.15) is 0 Å². The maximum atomic E-state index is 12.2. The SMILES string of the molecule is C[C@@H](OC(=O)c1ccc(Cl)s1)C(=O)Nc1ccc2ccccc2c1. The van der Waals surface area contributed by atoms with Crippen LogP contribution in [0.15, 0.2) is 54.6 Å². The van der Waals surface area contributed by atoms with Gasteiger partial charge in [0.25, 0.3) is 5.91 Å².